The molecule has 1 nitrogen and oxygen atoms in total. The van der Waals surface area contributed by atoms with E-state index in [1.165, 1.54) is 5.39 Å². The summed E-state index contributed by atoms with van der Waals surface area (Å²) in [5, 5.41) is 4.07. The van der Waals surface area contributed by atoms with Crippen LogP contribution in [-0.2, 0) is 0 Å². The number of halogens is 1. The molecule has 0 aliphatic rings. The van der Waals surface area contributed by atoms with Crippen LogP contribution in [0.2, 0.25) is 5.02 Å². The quantitative estimate of drug-likeness (QED) is 0.532. The topological polar surface area (TPSA) is 13.1 Å². The molecule has 2 aromatic carbocycles. The Labute approximate surface area is 85.9 Å². The molecule has 0 spiro atoms. The molecule has 0 fully saturated rings. The summed E-state index contributed by atoms with van der Waals surface area (Å²) >= 11 is 6.08. The first-order valence-corrected chi connectivity index (χ1v) is 4.78. The molecule has 0 saturated heterocycles. The van der Waals surface area contributed by atoms with E-state index in [-0.39, 0.29) is 0 Å². The van der Waals surface area contributed by atoms with Crippen LogP contribution < -0.4 is 0 Å². The molecule has 0 N–H and O–H groups in total. The Kier molecular flexibility index (Phi) is 1.55. The highest BCUT2D eigenvalue weighted by Crippen LogP contribution is 2.31. The van der Waals surface area contributed by atoms with Crippen molar-refractivity contribution < 1.29 is 4.42 Å². The number of hydrogen-bond acceptors (Lipinski definition) is 1. The SMILES string of the molecule is Clc1cc2ccccc2c2ccoc12. The molecule has 0 amide bonds. The van der Waals surface area contributed by atoms with Gasteiger partial charge < -0.3 is 4.42 Å². The standard InChI is InChI=1S/C12H7ClO/c13-11-7-8-3-1-2-4-9(8)10-5-6-14-12(10)11/h1-7H. The normalized spacial score (nSPS) is 11.2. The van der Waals surface area contributed by atoms with Gasteiger partial charge in [0.25, 0.3) is 0 Å². The first-order chi connectivity index (χ1) is 6.86. The molecule has 0 atom stereocenters. The molecule has 1 aromatic heterocycles. The molecule has 0 saturated carbocycles. The lowest BCUT2D eigenvalue weighted by Gasteiger charge is -1.99. The van der Waals surface area contributed by atoms with Crippen molar-refractivity contribution in [1.29, 1.82) is 0 Å². The predicted octanol–water partition coefficient (Wildman–Crippen LogP) is 4.24. The zero-order valence-corrected chi connectivity index (χ0v) is 8.08. The fraction of sp³-hybridized carbons (Fsp3) is 0. The van der Waals surface area contributed by atoms with Crippen molar-refractivity contribution in [2.45, 2.75) is 0 Å². The van der Waals surface area contributed by atoms with Gasteiger partial charge in [-0.2, -0.15) is 0 Å². The molecule has 2 heteroatoms. The van der Waals surface area contributed by atoms with Crippen molar-refractivity contribution in [3.05, 3.63) is 47.7 Å². The van der Waals surface area contributed by atoms with E-state index in [4.69, 9.17) is 16.0 Å². The van der Waals surface area contributed by atoms with Crippen molar-refractivity contribution in [2.75, 3.05) is 0 Å². The monoisotopic (exact) mass is 202 g/mol. The molecule has 14 heavy (non-hydrogen) atoms. The third-order valence-electron chi connectivity index (χ3n) is 2.42. The molecule has 3 aromatic rings. The van der Waals surface area contributed by atoms with Gasteiger partial charge in [-0.05, 0) is 22.9 Å². The highest BCUT2D eigenvalue weighted by molar-refractivity contribution is 6.36. The average Bonchev–Trinajstić information content (AvgIpc) is 2.67. The van der Waals surface area contributed by atoms with Crippen molar-refractivity contribution in [3.63, 3.8) is 0 Å². The Bertz CT molecular complexity index is 610. The first kappa shape index (κ1) is 7.89. The van der Waals surface area contributed by atoms with Crippen LogP contribution in [0.5, 0.6) is 0 Å². The van der Waals surface area contributed by atoms with Gasteiger partial charge in [0.1, 0.15) is 0 Å². The number of fused-ring (bicyclic) bond motifs is 3. The van der Waals surface area contributed by atoms with Gasteiger partial charge in [-0.25, -0.2) is 0 Å². The number of rotatable bonds is 0. The molecule has 68 valence electrons. The van der Waals surface area contributed by atoms with Crippen LogP contribution in [0, 0.1) is 0 Å². The minimum atomic E-state index is 0.670. The summed E-state index contributed by atoms with van der Waals surface area (Å²) < 4.78 is 5.32. The molecule has 0 bridgehead atoms. The third kappa shape index (κ3) is 0.962. The molecule has 3 rings (SSSR count). The second-order valence-corrected chi connectivity index (χ2v) is 3.65. The van der Waals surface area contributed by atoms with Crippen LogP contribution in [0.25, 0.3) is 21.7 Å². The molecule has 0 aliphatic carbocycles. The van der Waals surface area contributed by atoms with Gasteiger partial charge in [-0.15, -0.1) is 0 Å². The van der Waals surface area contributed by atoms with E-state index in [1.54, 1.807) is 6.26 Å². The van der Waals surface area contributed by atoms with E-state index >= 15 is 0 Å². The molecule has 0 aliphatic heterocycles. The van der Waals surface area contributed by atoms with Gasteiger partial charge in [0.2, 0.25) is 0 Å². The largest absolute Gasteiger partial charge is 0.463 e. The zero-order valence-electron chi connectivity index (χ0n) is 7.33. The maximum atomic E-state index is 6.08. The van der Waals surface area contributed by atoms with Crippen LogP contribution in [0.15, 0.2) is 47.1 Å². The van der Waals surface area contributed by atoms with E-state index in [0.717, 1.165) is 16.4 Å². The summed E-state index contributed by atoms with van der Waals surface area (Å²) in [5.74, 6) is 0. The minimum absolute atomic E-state index is 0.670. The van der Waals surface area contributed by atoms with Crippen molar-refractivity contribution in [3.8, 4) is 0 Å². The van der Waals surface area contributed by atoms with E-state index < -0.39 is 0 Å². The summed E-state index contributed by atoms with van der Waals surface area (Å²) in [6.07, 6.45) is 1.67. The van der Waals surface area contributed by atoms with Crippen LogP contribution in [-0.4, -0.2) is 0 Å². The van der Waals surface area contributed by atoms with E-state index in [0.29, 0.717) is 5.02 Å². The van der Waals surface area contributed by atoms with Gasteiger partial charge in [0, 0.05) is 5.39 Å². The Morgan fingerprint density at radius 1 is 1.00 bits per heavy atom. The second-order valence-electron chi connectivity index (χ2n) is 3.24. The summed E-state index contributed by atoms with van der Waals surface area (Å²) in [7, 11) is 0. The van der Waals surface area contributed by atoms with E-state index in [9.17, 15) is 0 Å². The lowest BCUT2D eigenvalue weighted by molar-refractivity contribution is 0.616. The molecular weight excluding hydrogens is 196 g/mol. The molecule has 1 heterocycles. The lowest BCUT2D eigenvalue weighted by atomic mass is 10.1. The summed E-state index contributed by atoms with van der Waals surface area (Å²) in [6, 6.07) is 12.0. The fourth-order valence-corrected chi connectivity index (χ4v) is 2.04. The molecule has 0 unspecified atom stereocenters. The zero-order chi connectivity index (χ0) is 9.54. The Hall–Kier alpha value is -1.47. The Morgan fingerprint density at radius 3 is 2.79 bits per heavy atom. The first-order valence-electron chi connectivity index (χ1n) is 4.41. The third-order valence-corrected chi connectivity index (χ3v) is 2.70. The predicted molar refractivity (Wildman–Crippen MR) is 58.7 cm³/mol. The Balaban J connectivity index is 2.66. The van der Waals surface area contributed by atoms with Crippen LogP contribution in [0.4, 0.5) is 0 Å². The van der Waals surface area contributed by atoms with Crippen LogP contribution in [0.1, 0.15) is 0 Å². The number of hydrogen-bond donors (Lipinski definition) is 0. The van der Waals surface area contributed by atoms with Gasteiger partial charge >= 0.3 is 0 Å². The summed E-state index contributed by atoms with van der Waals surface area (Å²) in [5.41, 5.74) is 0.769. The Morgan fingerprint density at radius 2 is 1.86 bits per heavy atom. The molecule has 0 radical (unpaired) electrons. The van der Waals surface area contributed by atoms with Crippen LogP contribution in [0.3, 0.4) is 0 Å². The summed E-state index contributed by atoms with van der Waals surface area (Å²) in [4.78, 5) is 0. The maximum absolute atomic E-state index is 6.08. The number of furan rings is 1. The highest BCUT2D eigenvalue weighted by Gasteiger charge is 2.06. The molecular formula is C12H7ClO. The minimum Gasteiger partial charge on any atom is -0.463 e. The van der Waals surface area contributed by atoms with Gasteiger partial charge in [-0.3, -0.25) is 0 Å². The van der Waals surface area contributed by atoms with Gasteiger partial charge in [0.05, 0.1) is 11.3 Å². The second kappa shape index (κ2) is 2.76. The fourth-order valence-electron chi connectivity index (χ4n) is 1.78. The number of benzene rings is 2. The average molecular weight is 203 g/mol. The van der Waals surface area contributed by atoms with Crippen molar-refractivity contribution >= 4 is 33.3 Å². The smallest absolute Gasteiger partial charge is 0.153 e. The van der Waals surface area contributed by atoms with Crippen LogP contribution >= 0.6 is 11.6 Å². The van der Waals surface area contributed by atoms with Gasteiger partial charge in [0.15, 0.2) is 5.58 Å². The summed E-state index contributed by atoms with van der Waals surface area (Å²) in [6.45, 7) is 0. The maximum Gasteiger partial charge on any atom is 0.153 e. The lowest BCUT2D eigenvalue weighted by Crippen LogP contribution is -1.74. The highest BCUT2D eigenvalue weighted by atomic mass is 35.5. The van der Waals surface area contributed by atoms with E-state index in [1.807, 2.05) is 30.3 Å². The van der Waals surface area contributed by atoms with Crippen molar-refractivity contribution in [1.82, 2.24) is 0 Å². The van der Waals surface area contributed by atoms with Gasteiger partial charge in [-0.1, -0.05) is 35.9 Å². The van der Waals surface area contributed by atoms with Crippen molar-refractivity contribution in [2.24, 2.45) is 0 Å². The van der Waals surface area contributed by atoms with E-state index in [2.05, 4.69) is 6.07 Å².